The summed E-state index contributed by atoms with van der Waals surface area (Å²) in [4.78, 5) is 38.6. The lowest BCUT2D eigenvalue weighted by atomic mass is 10.1. The van der Waals surface area contributed by atoms with Crippen molar-refractivity contribution >= 4 is 29.3 Å². The summed E-state index contributed by atoms with van der Waals surface area (Å²) in [5.74, 6) is -0.696. The van der Waals surface area contributed by atoms with E-state index in [1.807, 2.05) is 13.0 Å². The molecule has 9 heteroatoms. The molecule has 1 saturated heterocycles. The molecule has 1 fully saturated rings. The molecule has 1 heterocycles. The summed E-state index contributed by atoms with van der Waals surface area (Å²) in [6.07, 6.45) is 4.10. The first kappa shape index (κ1) is 24.5. The van der Waals surface area contributed by atoms with Crippen LogP contribution in [0.2, 0.25) is 0 Å². The summed E-state index contributed by atoms with van der Waals surface area (Å²) in [6, 6.07) is 4.76. The molecule has 2 rings (SSSR count). The Morgan fingerprint density at radius 1 is 1.03 bits per heavy atom. The molecule has 0 radical (unpaired) electrons. The van der Waals surface area contributed by atoms with Crippen molar-refractivity contribution in [3.05, 3.63) is 23.8 Å². The normalized spacial score (nSPS) is 13.4. The second kappa shape index (κ2) is 13.5. The number of anilines is 2. The van der Waals surface area contributed by atoms with E-state index < -0.39 is 12.0 Å². The number of piperidine rings is 1. The maximum atomic E-state index is 12.9. The molecule has 1 aliphatic heterocycles. The maximum Gasteiger partial charge on any atom is 0.325 e. The molecule has 0 unspecified atom stereocenters. The summed E-state index contributed by atoms with van der Waals surface area (Å²) >= 11 is 0. The van der Waals surface area contributed by atoms with Crippen LogP contribution in [0.1, 0.15) is 49.9 Å². The molecular weight excluding hydrogens is 400 g/mol. The van der Waals surface area contributed by atoms with E-state index >= 15 is 0 Å². The summed E-state index contributed by atoms with van der Waals surface area (Å²) in [5.41, 5.74) is 1.85. The number of ether oxygens (including phenoxy) is 2. The van der Waals surface area contributed by atoms with Crippen LogP contribution >= 0.6 is 0 Å². The van der Waals surface area contributed by atoms with Crippen molar-refractivity contribution in [2.75, 3.05) is 56.2 Å². The van der Waals surface area contributed by atoms with Gasteiger partial charge in [0.15, 0.2) is 0 Å². The van der Waals surface area contributed by atoms with Crippen molar-refractivity contribution in [1.82, 2.24) is 10.6 Å². The smallest absolute Gasteiger partial charge is 0.325 e. The number of hydrogen-bond acceptors (Lipinski definition) is 6. The Bertz CT molecular complexity index is 735. The first-order valence-electron chi connectivity index (χ1n) is 11.0. The van der Waals surface area contributed by atoms with Gasteiger partial charge in [0.1, 0.15) is 6.54 Å². The number of nitrogens with zero attached hydrogens (tertiary/aromatic N) is 1. The second-order valence-corrected chi connectivity index (χ2v) is 7.20. The predicted molar refractivity (Wildman–Crippen MR) is 120 cm³/mol. The topological polar surface area (TPSA) is 109 Å². The molecule has 0 aliphatic carbocycles. The van der Waals surface area contributed by atoms with Crippen molar-refractivity contribution in [3.8, 4) is 0 Å². The van der Waals surface area contributed by atoms with E-state index in [-0.39, 0.29) is 19.1 Å². The minimum atomic E-state index is -0.540. The predicted octanol–water partition coefficient (Wildman–Crippen LogP) is 2.52. The molecule has 1 aromatic carbocycles. The Labute approximate surface area is 183 Å². The van der Waals surface area contributed by atoms with Crippen molar-refractivity contribution in [3.63, 3.8) is 0 Å². The molecule has 0 saturated carbocycles. The monoisotopic (exact) mass is 434 g/mol. The molecule has 3 amide bonds. The fraction of sp³-hybridized carbons (Fsp3) is 0.591. The van der Waals surface area contributed by atoms with E-state index in [0.717, 1.165) is 38.0 Å². The minimum absolute atomic E-state index is 0.187. The van der Waals surface area contributed by atoms with Gasteiger partial charge in [-0.1, -0.05) is 0 Å². The van der Waals surface area contributed by atoms with Gasteiger partial charge in [0, 0.05) is 44.2 Å². The molecular formula is C22H34N4O5. The van der Waals surface area contributed by atoms with Gasteiger partial charge < -0.3 is 30.3 Å². The number of rotatable bonds is 11. The van der Waals surface area contributed by atoms with Crippen LogP contribution in [-0.4, -0.2) is 63.9 Å². The first-order chi connectivity index (χ1) is 15.0. The van der Waals surface area contributed by atoms with Crippen molar-refractivity contribution < 1.29 is 23.9 Å². The third-order valence-corrected chi connectivity index (χ3v) is 4.85. The molecule has 3 N–H and O–H groups in total. The van der Waals surface area contributed by atoms with Crippen LogP contribution in [0.25, 0.3) is 0 Å². The lowest BCUT2D eigenvalue weighted by molar-refractivity contribution is -0.141. The van der Waals surface area contributed by atoms with Crippen molar-refractivity contribution in [2.45, 2.75) is 39.5 Å². The van der Waals surface area contributed by atoms with Gasteiger partial charge >= 0.3 is 12.0 Å². The lowest BCUT2D eigenvalue weighted by Gasteiger charge is -2.30. The van der Waals surface area contributed by atoms with Crippen molar-refractivity contribution in [2.24, 2.45) is 0 Å². The van der Waals surface area contributed by atoms with Crippen LogP contribution in [0.3, 0.4) is 0 Å². The molecule has 9 nitrogen and oxygen atoms in total. The molecule has 0 spiro atoms. The van der Waals surface area contributed by atoms with Crippen LogP contribution < -0.4 is 20.9 Å². The third kappa shape index (κ3) is 8.45. The first-order valence-corrected chi connectivity index (χ1v) is 11.0. The molecule has 1 aliphatic rings. The zero-order valence-electron chi connectivity index (χ0n) is 18.5. The number of nitrogens with one attached hydrogen (secondary N) is 3. The van der Waals surface area contributed by atoms with Gasteiger partial charge in [-0.15, -0.1) is 0 Å². The minimum Gasteiger partial charge on any atom is -0.465 e. The molecule has 0 atom stereocenters. The number of carbonyl (C=O) groups excluding carboxylic acids is 3. The quantitative estimate of drug-likeness (QED) is 0.365. The van der Waals surface area contributed by atoms with Gasteiger partial charge in [0.25, 0.3) is 5.91 Å². The number of esters is 1. The van der Waals surface area contributed by atoms with Gasteiger partial charge in [0.2, 0.25) is 0 Å². The van der Waals surface area contributed by atoms with Gasteiger partial charge in [-0.3, -0.25) is 9.59 Å². The van der Waals surface area contributed by atoms with E-state index in [9.17, 15) is 14.4 Å². The second-order valence-electron chi connectivity index (χ2n) is 7.20. The van der Waals surface area contributed by atoms with Gasteiger partial charge in [-0.05, 0) is 57.7 Å². The summed E-state index contributed by atoms with van der Waals surface area (Å²) in [6.45, 7) is 7.22. The van der Waals surface area contributed by atoms with E-state index in [1.54, 1.807) is 19.1 Å². The highest BCUT2D eigenvalue weighted by atomic mass is 16.5. The number of amides is 3. The fourth-order valence-corrected chi connectivity index (χ4v) is 3.36. The Morgan fingerprint density at radius 3 is 2.52 bits per heavy atom. The van der Waals surface area contributed by atoms with Crippen molar-refractivity contribution in [1.29, 1.82) is 0 Å². The highest BCUT2D eigenvalue weighted by Gasteiger charge is 2.19. The SMILES string of the molecule is CCOCCCNC(=O)c1cc(NC(=O)NCC(=O)OCC)ccc1N1CCCCC1. The van der Waals surface area contributed by atoms with Gasteiger partial charge in [-0.2, -0.15) is 0 Å². The molecule has 1 aromatic rings. The average Bonchev–Trinajstić information content (AvgIpc) is 2.78. The summed E-state index contributed by atoms with van der Waals surface area (Å²) < 4.78 is 10.1. The number of hydrogen-bond donors (Lipinski definition) is 3. The number of benzene rings is 1. The van der Waals surface area contributed by atoms with Gasteiger partial charge in [-0.25, -0.2) is 4.79 Å². The Balaban J connectivity index is 2.06. The lowest BCUT2D eigenvalue weighted by Crippen LogP contribution is -2.35. The molecule has 172 valence electrons. The zero-order chi connectivity index (χ0) is 22.5. The van der Waals surface area contributed by atoms with Crippen LogP contribution in [0.5, 0.6) is 0 Å². The number of urea groups is 1. The zero-order valence-corrected chi connectivity index (χ0v) is 18.5. The van der Waals surface area contributed by atoms with E-state index in [2.05, 4.69) is 20.9 Å². The largest absolute Gasteiger partial charge is 0.465 e. The highest BCUT2D eigenvalue weighted by molar-refractivity contribution is 6.02. The average molecular weight is 435 g/mol. The molecule has 0 bridgehead atoms. The van der Waals surface area contributed by atoms with Crippen LogP contribution in [0.15, 0.2) is 18.2 Å². The number of carbonyl (C=O) groups is 3. The molecule has 0 aromatic heterocycles. The van der Waals surface area contributed by atoms with Crippen LogP contribution in [0.4, 0.5) is 16.2 Å². The third-order valence-electron chi connectivity index (χ3n) is 4.85. The fourth-order valence-electron chi connectivity index (χ4n) is 3.36. The molecule has 31 heavy (non-hydrogen) atoms. The highest BCUT2D eigenvalue weighted by Crippen LogP contribution is 2.27. The summed E-state index contributed by atoms with van der Waals surface area (Å²) in [7, 11) is 0. The van der Waals surface area contributed by atoms with E-state index in [1.165, 1.54) is 6.42 Å². The summed E-state index contributed by atoms with van der Waals surface area (Å²) in [5, 5.41) is 8.06. The van der Waals surface area contributed by atoms with E-state index in [0.29, 0.717) is 31.0 Å². The Morgan fingerprint density at radius 2 is 1.81 bits per heavy atom. The van der Waals surface area contributed by atoms with Gasteiger partial charge in [0.05, 0.1) is 12.2 Å². The van der Waals surface area contributed by atoms with E-state index in [4.69, 9.17) is 9.47 Å². The standard InChI is InChI=1S/C22H34N4O5/c1-3-30-14-8-11-23-21(28)18-15-17(25-22(29)24-16-20(27)31-4-2)9-10-19(18)26-12-6-5-7-13-26/h9-10,15H,3-8,11-14,16H2,1-2H3,(H,23,28)(H2,24,25,29). The Kier molecular flexibility index (Phi) is 10.6. The maximum absolute atomic E-state index is 12.9. The van der Waals surface area contributed by atoms with Crippen LogP contribution in [-0.2, 0) is 14.3 Å². The Hall–Kier alpha value is -2.81. The van der Waals surface area contributed by atoms with Crippen LogP contribution in [0, 0.1) is 0 Å².